The Kier molecular flexibility index (Phi) is 10.5. The van der Waals surface area contributed by atoms with Crippen molar-refractivity contribution in [3.8, 4) is 28.6 Å². The molecule has 3 heterocycles. The highest BCUT2D eigenvalue weighted by Crippen LogP contribution is 2.37. The number of benzene rings is 1. The van der Waals surface area contributed by atoms with Crippen molar-refractivity contribution in [1.82, 2.24) is 29.7 Å². The number of hydrogen-bond acceptors (Lipinski definition) is 9. The number of ether oxygens (including phenoxy) is 2. The molecule has 39 heavy (non-hydrogen) atoms. The summed E-state index contributed by atoms with van der Waals surface area (Å²) in [6.45, 7) is 9.18. The minimum Gasteiger partial charge on any atom is -0.494 e. The molecule has 0 saturated heterocycles. The quantitative estimate of drug-likeness (QED) is 0.317. The van der Waals surface area contributed by atoms with Gasteiger partial charge in [0.15, 0.2) is 5.82 Å². The Labute approximate surface area is 231 Å². The van der Waals surface area contributed by atoms with Gasteiger partial charge in [-0.05, 0) is 63.9 Å². The van der Waals surface area contributed by atoms with Gasteiger partial charge in [-0.25, -0.2) is 14.2 Å². The Hall–Kier alpha value is -3.90. The minimum absolute atomic E-state index is 0.167. The van der Waals surface area contributed by atoms with E-state index in [0.717, 1.165) is 16.7 Å². The normalized spacial score (nSPS) is 12.3. The maximum atomic E-state index is 13.3. The van der Waals surface area contributed by atoms with Crippen LogP contribution in [0.2, 0.25) is 0 Å². The number of aromatic nitrogens is 6. The van der Waals surface area contributed by atoms with E-state index >= 15 is 0 Å². The Bertz CT molecular complexity index is 1370. The summed E-state index contributed by atoms with van der Waals surface area (Å²) in [5, 5.41) is 16.5. The lowest BCUT2D eigenvalue weighted by Gasteiger charge is -2.18. The summed E-state index contributed by atoms with van der Waals surface area (Å²) in [4.78, 5) is 12.9. The first-order chi connectivity index (χ1) is 18.6. The second kappa shape index (κ2) is 13.8. The van der Waals surface area contributed by atoms with E-state index in [1.165, 1.54) is 0 Å². The van der Waals surface area contributed by atoms with Crippen LogP contribution in [-0.4, -0.2) is 64.6 Å². The predicted molar refractivity (Wildman–Crippen MR) is 151 cm³/mol. The van der Waals surface area contributed by atoms with E-state index in [2.05, 4.69) is 29.9 Å². The van der Waals surface area contributed by atoms with E-state index in [1.807, 2.05) is 45.0 Å². The van der Waals surface area contributed by atoms with E-state index in [9.17, 15) is 4.21 Å². The van der Waals surface area contributed by atoms with Crippen molar-refractivity contribution in [1.29, 1.82) is 0 Å². The van der Waals surface area contributed by atoms with Gasteiger partial charge in [0.25, 0.3) is 0 Å². The second-order valence-electron chi connectivity index (χ2n) is 9.13. The number of pyridine rings is 1. The van der Waals surface area contributed by atoms with Crippen molar-refractivity contribution < 1.29 is 18.8 Å². The number of hydrogen-bond donors (Lipinski definition) is 2. The summed E-state index contributed by atoms with van der Waals surface area (Å²) in [7, 11) is 1.63. The summed E-state index contributed by atoms with van der Waals surface area (Å²) in [6, 6.07) is 7.41. The molecule has 0 saturated carbocycles. The largest absolute Gasteiger partial charge is 0.494 e. The Morgan fingerprint density at radius 3 is 2.15 bits per heavy atom. The second-order valence-corrected chi connectivity index (χ2v) is 10.7. The van der Waals surface area contributed by atoms with Crippen LogP contribution in [-0.2, 0) is 17.4 Å². The van der Waals surface area contributed by atoms with Crippen molar-refractivity contribution in [3.05, 3.63) is 66.0 Å². The molecule has 4 rings (SSSR count). The number of aryl methyl sites for hydroxylation is 2. The fourth-order valence-electron chi connectivity index (χ4n) is 3.53. The fraction of sp³-hybridized carbons (Fsp3) is 0.370. The summed E-state index contributed by atoms with van der Waals surface area (Å²) in [5.41, 5.74) is 3.25. The van der Waals surface area contributed by atoms with Gasteiger partial charge in [0.05, 0.1) is 19.5 Å². The van der Waals surface area contributed by atoms with Crippen LogP contribution < -0.4 is 14.2 Å². The van der Waals surface area contributed by atoms with Crippen molar-refractivity contribution in [2.45, 2.75) is 52.4 Å². The maximum Gasteiger partial charge on any atom is 0.241 e. The van der Waals surface area contributed by atoms with Gasteiger partial charge in [0.1, 0.15) is 34.0 Å². The van der Waals surface area contributed by atoms with Crippen molar-refractivity contribution in [2.24, 2.45) is 0 Å². The van der Waals surface area contributed by atoms with E-state index in [4.69, 9.17) is 14.6 Å². The molecule has 0 aliphatic carbocycles. The molecule has 1 aromatic carbocycles. The SMILES string of the molecule is CC(C)O.COc1cccc(OC)c1-n1c(NS(=O)C(C)Cc2ncc(C)cn2)nnc1-c1cncc(C)c1. The lowest BCUT2D eigenvalue weighted by molar-refractivity contribution is 0.216. The van der Waals surface area contributed by atoms with Gasteiger partial charge in [0, 0.05) is 42.9 Å². The molecule has 12 heteroatoms. The third-order valence-electron chi connectivity index (χ3n) is 5.28. The molecule has 0 aliphatic heterocycles. The molecule has 4 aromatic rings. The molecule has 208 valence electrons. The fourth-order valence-corrected chi connectivity index (χ4v) is 4.34. The van der Waals surface area contributed by atoms with Crippen LogP contribution in [0.1, 0.15) is 37.7 Å². The minimum atomic E-state index is -1.52. The molecular formula is C27H35N7O4S. The first kappa shape index (κ1) is 29.7. The molecule has 2 unspecified atom stereocenters. The Balaban J connectivity index is 0.000000983. The summed E-state index contributed by atoms with van der Waals surface area (Å²) < 4.78 is 29.3. The van der Waals surface area contributed by atoms with Crippen LogP contribution in [0.15, 0.2) is 49.1 Å². The van der Waals surface area contributed by atoms with Crippen molar-refractivity contribution >= 4 is 16.9 Å². The molecule has 2 atom stereocenters. The number of nitrogens with zero attached hydrogens (tertiary/aromatic N) is 6. The molecule has 3 aromatic heterocycles. The molecule has 0 aliphatic rings. The number of anilines is 1. The monoisotopic (exact) mass is 553 g/mol. The lowest BCUT2D eigenvalue weighted by atomic mass is 10.2. The predicted octanol–water partition coefficient (Wildman–Crippen LogP) is 3.85. The van der Waals surface area contributed by atoms with Gasteiger partial charge in [-0.15, -0.1) is 10.2 Å². The molecular weight excluding hydrogens is 518 g/mol. The Morgan fingerprint density at radius 2 is 1.59 bits per heavy atom. The van der Waals surface area contributed by atoms with Crippen LogP contribution in [0, 0.1) is 13.8 Å². The summed E-state index contributed by atoms with van der Waals surface area (Å²) >= 11 is 0. The average Bonchev–Trinajstić information content (AvgIpc) is 3.31. The van der Waals surface area contributed by atoms with Gasteiger partial charge in [-0.2, -0.15) is 0 Å². The van der Waals surface area contributed by atoms with Gasteiger partial charge >= 0.3 is 0 Å². The zero-order valence-electron chi connectivity index (χ0n) is 23.2. The highest BCUT2D eigenvalue weighted by atomic mass is 32.2. The summed E-state index contributed by atoms with van der Waals surface area (Å²) in [6.07, 6.45) is 7.22. The molecule has 11 nitrogen and oxygen atoms in total. The average molecular weight is 554 g/mol. The lowest BCUT2D eigenvalue weighted by Crippen LogP contribution is -2.23. The number of aliphatic hydroxyl groups excluding tert-OH is 1. The van der Waals surface area contributed by atoms with E-state index in [0.29, 0.717) is 35.3 Å². The molecule has 0 radical (unpaired) electrons. The van der Waals surface area contributed by atoms with Crippen LogP contribution >= 0.6 is 0 Å². The van der Waals surface area contributed by atoms with Gasteiger partial charge in [0.2, 0.25) is 5.95 Å². The number of aliphatic hydroxyl groups is 1. The highest BCUT2D eigenvalue weighted by molar-refractivity contribution is 7.86. The van der Waals surface area contributed by atoms with E-state index < -0.39 is 11.0 Å². The van der Waals surface area contributed by atoms with Crippen LogP contribution in [0.4, 0.5) is 5.95 Å². The van der Waals surface area contributed by atoms with Crippen LogP contribution in [0.3, 0.4) is 0 Å². The van der Waals surface area contributed by atoms with Crippen molar-refractivity contribution in [2.75, 3.05) is 18.9 Å². The third kappa shape index (κ3) is 7.80. The number of nitrogens with one attached hydrogen (secondary N) is 1. The molecule has 2 N–H and O–H groups in total. The number of para-hydroxylation sites is 1. The highest BCUT2D eigenvalue weighted by Gasteiger charge is 2.25. The van der Waals surface area contributed by atoms with Gasteiger partial charge in [-0.1, -0.05) is 6.07 Å². The molecule has 0 bridgehead atoms. The first-order valence-electron chi connectivity index (χ1n) is 12.4. The molecule has 0 amide bonds. The standard InChI is InChI=1S/C24H27N7O3S.C3H8O/c1-15-9-18(14-25-11-15)23-28-29-24(31(23)22-19(33-4)7-6-8-20(22)34-5)30-35(32)17(3)10-21-26-12-16(2)13-27-21;1-3(2)4/h6-9,11-14,17H,10H2,1-5H3,(H,29,30);3-4H,1-2H3. The Morgan fingerprint density at radius 1 is 0.974 bits per heavy atom. The smallest absolute Gasteiger partial charge is 0.241 e. The van der Waals surface area contributed by atoms with E-state index in [-0.39, 0.29) is 17.3 Å². The van der Waals surface area contributed by atoms with Crippen LogP contribution in [0.5, 0.6) is 11.5 Å². The number of rotatable bonds is 9. The number of methoxy groups -OCH3 is 2. The molecule has 0 fully saturated rings. The topological polar surface area (TPSA) is 137 Å². The van der Waals surface area contributed by atoms with Crippen LogP contribution in [0.25, 0.3) is 17.1 Å². The zero-order valence-corrected chi connectivity index (χ0v) is 24.1. The zero-order chi connectivity index (χ0) is 28.5. The first-order valence-corrected chi connectivity index (χ1v) is 13.6. The van der Waals surface area contributed by atoms with Gasteiger partial charge < -0.3 is 14.6 Å². The third-order valence-corrected chi connectivity index (χ3v) is 6.56. The maximum absolute atomic E-state index is 13.3. The molecule has 0 spiro atoms. The van der Waals surface area contributed by atoms with Crippen molar-refractivity contribution in [3.63, 3.8) is 0 Å². The van der Waals surface area contributed by atoms with Gasteiger partial charge in [-0.3, -0.25) is 14.3 Å². The summed E-state index contributed by atoms with van der Waals surface area (Å²) in [5.74, 6) is 2.48. The van der Waals surface area contributed by atoms with E-state index in [1.54, 1.807) is 57.4 Å².